The highest BCUT2D eigenvalue weighted by atomic mass is 16.5. The Kier molecular flexibility index (Phi) is 7.30. The third kappa shape index (κ3) is 7.78. The second kappa shape index (κ2) is 8.98. The predicted octanol–water partition coefficient (Wildman–Crippen LogP) is 1.17. The number of anilines is 1. The number of nitrogens with one attached hydrogen (secondary N) is 2. The van der Waals surface area contributed by atoms with E-state index in [2.05, 4.69) is 10.6 Å². The summed E-state index contributed by atoms with van der Waals surface area (Å²) in [7, 11) is 1.45. The van der Waals surface area contributed by atoms with Gasteiger partial charge in [0.1, 0.15) is 0 Å². The lowest BCUT2D eigenvalue weighted by Gasteiger charge is -2.23. The minimum atomic E-state index is -0.696. The fraction of sp³-hybridized carbons (Fsp3) is 0.444. The lowest BCUT2D eigenvalue weighted by atomic mass is 10.1. The van der Waals surface area contributed by atoms with Crippen LogP contribution in [0.1, 0.15) is 38.1 Å². The van der Waals surface area contributed by atoms with Crippen molar-refractivity contribution < 1.29 is 23.9 Å². The molecule has 0 saturated heterocycles. The SMILES string of the molecule is CC(=O)Nc1cccc(C(=O)OCC(=O)N(C)CC(=O)NC(C)(C)C)c1. The highest BCUT2D eigenvalue weighted by Crippen LogP contribution is 2.11. The van der Waals surface area contributed by atoms with E-state index >= 15 is 0 Å². The Morgan fingerprint density at radius 3 is 2.38 bits per heavy atom. The first kappa shape index (κ1) is 21.1. The van der Waals surface area contributed by atoms with Crippen molar-refractivity contribution in [3.63, 3.8) is 0 Å². The molecular weight excluding hydrogens is 338 g/mol. The summed E-state index contributed by atoms with van der Waals surface area (Å²) in [6.07, 6.45) is 0. The second-order valence-corrected chi connectivity index (χ2v) is 6.89. The summed E-state index contributed by atoms with van der Waals surface area (Å²) < 4.78 is 4.98. The Bertz CT molecular complexity index is 694. The molecule has 0 aromatic heterocycles. The summed E-state index contributed by atoms with van der Waals surface area (Å²) in [5, 5.41) is 5.30. The van der Waals surface area contributed by atoms with E-state index in [1.807, 2.05) is 20.8 Å². The zero-order valence-corrected chi connectivity index (χ0v) is 15.7. The van der Waals surface area contributed by atoms with Crippen LogP contribution in [-0.4, -0.2) is 54.3 Å². The number of ether oxygens (including phenoxy) is 1. The van der Waals surface area contributed by atoms with Gasteiger partial charge in [-0.05, 0) is 39.0 Å². The maximum atomic E-state index is 12.0. The van der Waals surface area contributed by atoms with E-state index in [0.717, 1.165) is 0 Å². The van der Waals surface area contributed by atoms with Crippen molar-refractivity contribution in [2.24, 2.45) is 0 Å². The molecule has 1 aromatic rings. The summed E-state index contributed by atoms with van der Waals surface area (Å²) in [4.78, 5) is 48.1. The first-order chi connectivity index (χ1) is 12.0. The van der Waals surface area contributed by atoms with Crippen molar-refractivity contribution in [3.05, 3.63) is 29.8 Å². The molecule has 2 N–H and O–H groups in total. The molecule has 3 amide bonds. The number of carbonyl (C=O) groups is 4. The molecule has 1 aromatic carbocycles. The molecule has 0 aliphatic heterocycles. The van der Waals surface area contributed by atoms with Gasteiger partial charge < -0.3 is 20.3 Å². The number of hydrogen-bond donors (Lipinski definition) is 2. The van der Waals surface area contributed by atoms with Crippen LogP contribution in [0.5, 0.6) is 0 Å². The van der Waals surface area contributed by atoms with Crippen molar-refractivity contribution >= 4 is 29.4 Å². The molecule has 0 bridgehead atoms. The van der Waals surface area contributed by atoms with Crippen LogP contribution in [0.3, 0.4) is 0 Å². The Balaban J connectivity index is 2.54. The van der Waals surface area contributed by atoms with Gasteiger partial charge >= 0.3 is 5.97 Å². The van der Waals surface area contributed by atoms with Gasteiger partial charge in [-0.3, -0.25) is 14.4 Å². The minimum absolute atomic E-state index is 0.133. The van der Waals surface area contributed by atoms with Gasteiger partial charge in [-0.2, -0.15) is 0 Å². The Hall–Kier alpha value is -2.90. The summed E-state index contributed by atoms with van der Waals surface area (Å²) in [6, 6.07) is 6.19. The average molecular weight is 363 g/mol. The molecule has 0 aliphatic rings. The number of amides is 3. The van der Waals surface area contributed by atoms with E-state index in [4.69, 9.17) is 4.74 Å². The highest BCUT2D eigenvalue weighted by molar-refractivity contribution is 5.95. The van der Waals surface area contributed by atoms with Gasteiger partial charge in [-0.25, -0.2) is 4.79 Å². The Labute approximate surface area is 152 Å². The highest BCUT2D eigenvalue weighted by Gasteiger charge is 2.19. The van der Waals surface area contributed by atoms with Gasteiger partial charge in [-0.1, -0.05) is 6.07 Å². The number of nitrogens with zero attached hydrogens (tertiary/aromatic N) is 1. The van der Waals surface area contributed by atoms with Crippen LogP contribution >= 0.6 is 0 Å². The molecule has 0 aliphatic carbocycles. The Morgan fingerprint density at radius 1 is 1.15 bits per heavy atom. The van der Waals surface area contributed by atoms with Crippen molar-refractivity contribution in [1.82, 2.24) is 10.2 Å². The number of esters is 1. The zero-order chi connectivity index (χ0) is 19.9. The normalized spacial score (nSPS) is 10.7. The minimum Gasteiger partial charge on any atom is -0.452 e. The molecule has 26 heavy (non-hydrogen) atoms. The maximum absolute atomic E-state index is 12.0. The molecule has 8 heteroatoms. The third-order valence-electron chi connectivity index (χ3n) is 3.07. The van der Waals surface area contributed by atoms with Crippen LogP contribution in [0.4, 0.5) is 5.69 Å². The van der Waals surface area contributed by atoms with E-state index < -0.39 is 24.0 Å². The van der Waals surface area contributed by atoms with E-state index in [-0.39, 0.29) is 23.9 Å². The van der Waals surface area contributed by atoms with E-state index in [1.54, 1.807) is 12.1 Å². The maximum Gasteiger partial charge on any atom is 0.338 e. The molecule has 142 valence electrons. The van der Waals surface area contributed by atoms with Crippen molar-refractivity contribution in [1.29, 1.82) is 0 Å². The lowest BCUT2D eigenvalue weighted by molar-refractivity contribution is -0.137. The molecular formula is C18H25N3O5. The molecule has 0 atom stereocenters. The number of carbonyl (C=O) groups excluding carboxylic acids is 4. The van der Waals surface area contributed by atoms with Crippen molar-refractivity contribution in [2.45, 2.75) is 33.2 Å². The van der Waals surface area contributed by atoms with E-state index in [0.29, 0.717) is 5.69 Å². The molecule has 0 saturated carbocycles. The predicted molar refractivity (Wildman–Crippen MR) is 96.6 cm³/mol. The van der Waals surface area contributed by atoms with Gasteiger partial charge in [0.25, 0.3) is 5.91 Å². The summed E-state index contributed by atoms with van der Waals surface area (Å²) in [5.74, 6) is -1.76. The fourth-order valence-electron chi connectivity index (χ4n) is 2.01. The van der Waals surface area contributed by atoms with Crippen LogP contribution in [0.25, 0.3) is 0 Å². The van der Waals surface area contributed by atoms with Crippen LogP contribution in [0, 0.1) is 0 Å². The molecule has 0 unspecified atom stereocenters. The molecule has 1 rings (SSSR count). The van der Waals surface area contributed by atoms with E-state index in [1.165, 1.54) is 31.0 Å². The first-order valence-corrected chi connectivity index (χ1v) is 8.07. The molecule has 0 heterocycles. The average Bonchev–Trinajstić information content (AvgIpc) is 2.49. The van der Waals surface area contributed by atoms with Gasteiger partial charge in [0.05, 0.1) is 12.1 Å². The van der Waals surface area contributed by atoms with Gasteiger partial charge in [0.2, 0.25) is 11.8 Å². The summed E-state index contributed by atoms with van der Waals surface area (Å²) in [5.41, 5.74) is 0.262. The van der Waals surface area contributed by atoms with Gasteiger partial charge in [0.15, 0.2) is 6.61 Å². The van der Waals surface area contributed by atoms with Crippen LogP contribution < -0.4 is 10.6 Å². The largest absolute Gasteiger partial charge is 0.452 e. The zero-order valence-electron chi connectivity index (χ0n) is 15.7. The quantitative estimate of drug-likeness (QED) is 0.739. The molecule has 0 spiro atoms. The smallest absolute Gasteiger partial charge is 0.338 e. The van der Waals surface area contributed by atoms with Crippen molar-refractivity contribution in [2.75, 3.05) is 25.5 Å². The first-order valence-electron chi connectivity index (χ1n) is 8.07. The van der Waals surface area contributed by atoms with Crippen LogP contribution in [-0.2, 0) is 19.1 Å². The number of rotatable bonds is 6. The number of likely N-dealkylation sites (N-methyl/N-ethyl adjacent to an activating group) is 1. The van der Waals surface area contributed by atoms with Crippen LogP contribution in [0.15, 0.2) is 24.3 Å². The monoisotopic (exact) mass is 363 g/mol. The number of benzene rings is 1. The Morgan fingerprint density at radius 2 is 1.81 bits per heavy atom. The standard InChI is InChI=1S/C18H25N3O5/c1-12(22)19-14-8-6-7-13(9-14)17(25)26-11-16(24)21(5)10-15(23)20-18(2,3)4/h6-9H,10-11H2,1-5H3,(H,19,22)(H,20,23). The molecule has 0 radical (unpaired) electrons. The summed E-state index contributed by atoms with van der Waals surface area (Å²) in [6.45, 7) is 6.25. The van der Waals surface area contributed by atoms with Crippen molar-refractivity contribution in [3.8, 4) is 0 Å². The number of hydrogen-bond acceptors (Lipinski definition) is 5. The molecule has 8 nitrogen and oxygen atoms in total. The summed E-state index contributed by atoms with van der Waals surface area (Å²) >= 11 is 0. The molecule has 0 fully saturated rings. The van der Waals surface area contributed by atoms with Gasteiger partial charge in [-0.15, -0.1) is 0 Å². The second-order valence-electron chi connectivity index (χ2n) is 6.89. The van der Waals surface area contributed by atoms with E-state index in [9.17, 15) is 19.2 Å². The topological polar surface area (TPSA) is 105 Å². The third-order valence-corrected chi connectivity index (χ3v) is 3.07. The van der Waals surface area contributed by atoms with Crippen LogP contribution in [0.2, 0.25) is 0 Å². The fourth-order valence-corrected chi connectivity index (χ4v) is 2.01. The lowest BCUT2D eigenvalue weighted by Crippen LogP contribution is -2.46. The van der Waals surface area contributed by atoms with Gasteiger partial charge in [0, 0.05) is 25.2 Å².